The lowest BCUT2D eigenvalue weighted by molar-refractivity contribution is -0.153. The zero-order chi connectivity index (χ0) is 21.5. The number of nitrogens with zero attached hydrogens (tertiary/aromatic N) is 1. The summed E-state index contributed by atoms with van der Waals surface area (Å²) in [6, 6.07) is 5.31. The lowest BCUT2D eigenvalue weighted by Crippen LogP contribution is -2.32. The largest absolute Gasteiger partial charge is 0.459 e. The highest BCUT2D eigenvalue weighted by Gasteiger charge is 2.24. The Kier molecular flexibility index (Phi) is 7.25. The van der Waals surface area contributed by atoms with Crippen LogP contribution in [0.5, 0.6) is 0 Å². The van der Waals surface area contributed by atoms with E-state index in [1.165, 1.54) is 30.6 Å². The highest BCUT2D eigenvalue weighted by atomic mass is 32.1. The van der Waals surface area contributed by atoms with Crippen LogP contribution in [-0.2, 0) is 27.2 Å². The Hall–Kier alpha value is -3.12. The van der Waals surface area contributed by atoms with Crippen molar-refractivity contribution in [1.29, 1.82) is 5.26 Å². The van der Waals surface area contributed by atoms with Gasteiger partial charge in [-0.1, -0.05) is 6.42 Å². The van der Waals surface area contributed by atoms with Crippen LogP contribution in [0, 0.1) is 11.3 Å². The number of amides is 2. The number of carbonyl (C=O) groups excluding carboxylic acids is 3. The van der Waals surface area contributed by atoms with Gasteiger partial charge in [-0.3, -0.25) is 14.4 Å². The van der Waals surface area contributed by atoms with Crippen molar-refractivity contribution in [1.82, 2.24) is 5.32 Å². The molecule has 0 saturated heterocycles. The van der Waals surface area contributed by atoms with Gasteiger partial charge in [-0.15, -0.1) is 11.3 Å². The maximum Gasteiger partial charge on any atom is 0.308 e. The number of esters is 1. The first-order valence-electron chi connectivity index (χ1n) is 9.86. The molecule has 9 heteroatoms. The predicted octanol–water partition coefficient (Wildman–Crippen LogP) is 3.17. The Labute approximate surface area is 178 Å². The molecule has 2 amide bonds. The zero-order valence-electron chi connectivity index (χ0n) is 16.7. The van der Waals surface area contributed by atoms with Gasteiger partial charge in [-0.25, -0.2) is 0 Å². The molecule has 30 heavy (non-hydrogen) atoms. The van der Waals surface area contributed by atoms with Crippen molar-refractivity contribution >= 4 is 34.1 Å². The van der Waals surface area contributed by atoms with Crippen LogP contribution >= 0.6 is 11.3 Å². The second-order valence-electron chi connectivity index (χ2n) is 6.98. The summed E-state index contributed by atoms with van der Waals surface area (Å²) >= 11 is 1.43. The number of furan rings is 1. The molecule has 1 unspecified atom stereocenters. The molecule has 2 aromatic heterocycles. The van der Waals surface area contributed by atoms with Gasteiger partial charge in [0, 0.05) is 11.4 Å². The Morgan fingerprint density at radius 2 is 2.10 bits per heavy atom. The summed E-state index contributed by atoms with van der Waals surface area (Å²) in [5, 5.41) is 15.3. The van der Waals surface area contributed by atoms with Crippen molar-refractivity contribution in [3.63, 3.8) is 0 Å². The lowest BCUT2D eigenvalue weighted by Gasteiger charge is -2.13. The number of hydrogen-bond acceptors (Lipinski definition) is 7. The van der Waals surface area contributed by atoms with Gasteiger partial charge in [-0.05, 0) is 50.3 Å². The van der Waals surface area contributed by atoms with Crippen molar-refractivity contribution in [2.45, 2.75) is 51.6 Å². The highest BCUT2D eigenvalue weighted by molar-refractivity contribution is 7.16. The van der Waals surface area contributed by atoms with Crippen molar-refractivity contribution in [3.05, 3.63) is 40.2 Å². The molecule has 0 aromatic carbocycles. The fourth-order valence-corrected chi connectivity index (χ4v) is 4.49. The summed E-state index contributed by atoms with van der Waals surface area (Å²) in [5.74, 6) is -1.38. The number of fused-ring (bicyclic) bond motifs is 1. The summed E-state index contributed by atoms with van der Waals surface area (Å²) in [5.41, 5.74) is 1.55. The molecule has 2 aromatic rings. The van der Waals surface area contributed by atoms with Crippen LogP contribution in [0.2, 0.25) is 0 Å². The third kappa shape index (κ3) is 5.27. The zero-order valence-corrected chi connectivity index (χ0v) is 17.5. The summed E-state index contributed by atoms with van der Waals surface area (Å²) in [7, 11) is 0. The molecule has 1 atom stereocenters. The molecule has 0 spiro atoms. The van der Waals surface area contributed by atoms with Gasteiger partial charge in [0.15, 0.2) is 11.9 Å². The van der Waals surface area contributed by atoms with E-state index in [1.807, 2.05) is 0 Å². The first-order chi connectivity index (χ1) is 14.5. The van der Waals surface area contributed by atoms with Crippen molar-refractivity contribution in [3.8, 4) is 6.07 Å². The first-order valence-corrected chi connectivity index (χ1v) is 10.7. The van der Waals surface area contributed by atoms with Crippen LogP contribution in [0.3, 0.4) is 0 Å². The minimum Gasteiger partial charge on any atom is -0.459 e. The molecule has 0 aliphatic heterocycles. The summed E-state index contributed by atoms with van der Waals surface area (Å²) < 4.78 is 10.1. The Balaban J connectivity index is 1.49. The molecule has 0 saturated carbocycles. The second-order valence-corrected chi connectivity index (χ2v) is 8.09. The Morgan fingerprint density at radius 1 is 1.30 bits per heavy atom. The third-order valence-corrected chi connectivity index (χ3v) is 6.01. The third-order valence-electron chi connectivity index (χ3n) is 4.81. The molecule has 3 rings (SSSR count). The fourth-order valence-electron chi connectivity index (χ4n) is 3.25. The number of nitrogens with one attached hydrogen (secondary N) is 2. The van der Waals surface area contributed by atoms with Crippen LogP contribution in [0.1, 0.15) is 59.2 Å². The average Bonchev–Trinajstić information content (AvgIpc) is 3.30. The number of carbonyl (C=O) groups is 3. The number of nitriles is 1. The van der Waals surface area contributed by atoms with Gasteiger partial charge < -0.3 is 19.8 Å². The molecule has 0 radical (unpaired) electrons. The molecule has 2 N–H and O–H groups in total. The van der Waals surface area contributed by atoms with E-state index in [0.717, 1.165) is 42.5 Å². The summed E-state index contributed by atoms with van der Waals surface area (Å²) in [4.78, 5) is 37.3. The molecule has 8 nitrogen and oxygen atoms in total. The van der Waals surface area contributed by atoms with Crippen LogP contribution in [0.4, 0.5) is 5.00 Å². The molecule has 2 heterocycles. The van der Waals surface area contributed by atoms with Gasteiger partial charge in [-0.2, -0.15) is 5.26 Å². The van der Waals surface area contributed by atoms with Gasteiger partial charge in [0.05, 0.1) is 18.2 Å². The van der Waals surface area contributed by atoms with Gasteiger partial charge in [0.2, 0.25) is 0 Å². The van der Waals surface area contributed by atoms with Gasteiger partial charge >= 0.3 is 5.97 Å². The first kappa shape index (κ1) is 21.6. The normalized spacial score (nSPS) is 14.0. The standard InChI is InChI=1S/C21H23N3O5S/c1-13(29-18(25)9-10-23-20(27)16-7-5-11-28-16)19(26)24-21-15(12-22)14-6-3-2-4-8-17(14)30-21/h5,7,11,13H,2-4,6,8-10H2,1H3,(H,23,27)(H,24,26). The maximum atomic E-state index is 12.5. The van der Waals surface area contributed by atoms with Crippen LogP contribution in [0.25, 0.3) is 0 Å². The van der Waals surface area contributed by atoms with Crippen LogP contribution < -0.4 is 10.6 Å². The number of rotatable bonds is 7. The quantitative estimate of drug-likeness (QED) is 0.515. The summed E-state index contributed by atoms with van der Waals surface area (Å²) in [6.45, 7) is 1.53. The molecule has 1 aliphatic rings. The fraction of sp³-hybridized carbons (Fsp3) is 0.429. The van der Waals surface area contributed by atoms with E-state index < -0.39 is 23.9 Å². The molecular formula is C21H23N3O5S. The smallest absolute Gasteiger partial charge is 0.308 e. The number of aryl methyl sites for hydroxylation is 1. The van der Waals surface area contributed by atoms with E-state index in [4.69, 9.17) is 9.15 Å². The molecule has 0 fully saturated rings. The molecule has 1 aliphatic carbocycles. The van der Waals surface area contributed by atoms with E-state index in [9.17, 15) is 19.6 Å². The van der Waals surface area contributed by atoms with E-state index in [2.05, 4.69) is 16.7 Å². The van der Waals surface area contributed by atoms with E-state index in [1.54, 1.807) is 6.07 Å². The molecule has 0 bridgehead atoms. The van der Waals surface area contributed by atoms with E-state index in [0.29, 0.717) is 10.6 Å². The average molecular weight is 429 g/mol. The maximum absolute atomic E-state index is 12.5. The monoisotopic (exact) mass is 429 g/mol. The highest BCUT2D eigenvalue weighted by Crippen LogP contribution is 2.37. The molecular weight excluding hydrogens is 406 g/mol. The lowest BCUT2D eigenvalue weighted by atomic mass is 10.1. The minimum absolute atomic E-state index is 0.0585. The Bertz CT molecular complexity index is 958. The number of anilines is 1. The number of thiophene rings is 1. The number of hydrogen-bond donors (Lipinski definition) is 2. The van der Waals surface area contributed by atoms with E-state index in [-0.39, 0.29) is 18.7 Å². The Morgan fingerprint density at radius 3 is 2.83 bits per heavy atom. The van der Waals surface area contributed by atoms with Crippen LogP contribution in [-0.4, -0.2) is 30.4 Å². The van der Waals surface area contributed by atoms with Crippen molar-refractivity contribution in [2.24, 2.45) is 0 Å². The predicted molar refractivity (Wildman–Crippen MR) is 110 cm³/mol. The topological polar surface area (TPSA) is 121 Å². The van der Waals surface area contributed by atoms with E-state index >= 15 is 0 Å². The summed E-state index contributed by atoms with van der Waals surface area (Å²) in [6.07, 6.45) is 5.30. The second kappa shape index (κ2) is 10.1. The van der Waals surface area contributed by atoms with Crippen molar-refractivity contribution in [2.75, 3.05) is 11.9 Å². The van der Waals surface area contributed by atoms with Gasteiger partial charge in [0.25, 0.3) is 11.8 Å². The van der Waals surface area contributed by atoms with Crippen LogP contribution in [0.15, 0.2) is 22.8 Å². The van der Waals surface area contributed by atoms with Gasteiger partial charge in [0.1, 0.15) is 11.1 Å². The minimum atomic E-state index is -1.02. The number of ether oxygens (including phenoxy) is 1. The SMILES string of the molecule is CC(OC(=O)CCNC(=O)c1ccco1)C(=O)Nc1sc2c(c1C#N)CCCCC2. The molecule has 158 valence electrons. The van der Waals surface area contributed by atoms with Crippen molar-refractivity contribution < 1.29 is 23.5 Å².